The maximum absolute atomic E-state index is 13.6. The van der Waals surface area contributed by atoms with Crippen molar-refractivity contribution in [2.24, 2.45) is 0 Å². The van der Waals surface area contributed by atoms with Crippen molar-refractivity contribution >= 4 is 11.6 Å². The molecular formula is C15H15F2N3O2. The van der Waals surface area contributed by atoms with Crippen molar-refractivity contribution in [1.82, 2.24) is 9.78 Å². The first-order valence-corrected chi connectivity index (χ1v) is 7.02. The monoisotopic (exact) mass is 307 g/mol. The van der Waals surface area contributed by atoms with Crippen molar-refractivity contribution in [2.75, 3.05) is 18.5 Å². The number of aromatic nitrogens is 2. The summed E-state index contributed by atoms with van der Waals surface area (Å²) < 4.78 is 33.5. The van der Waals surface area contributed by atoms with E-state index in [0.29, 0.717) is 25.0 Å². The van der Waals surface area contributed by atoms with Gasteiger partial charge in [-0.2, -0.15) is 5.10 Å². The Bertz CT molecular complexity index is 681. The minimum absolute atomic E-state index is 0.208. The van der Waals surface area contributed by atoms with E-state index in [9.17, 15) is 13.6 Å². The fourth-order valence-electron chi connectivity index (χ4n) is 2.42. The van der Waals surface area contributed by atoms with Crippen molar-refractivity contribution < 1.29 is 18.3 Å². The molecule has 0 unspecified atom stereocenters. The number of nitrogens with zero attached hydrogens (tertiary/aromatic N) is 2. The highest BCUT2D eigenvalue weighted by atomic mass is 19.1. The zero-order valence-corrected chi connectivity index (χ0v) is 11.8. The fraction of sp³-hybridized carbons (Fsp3) is 0.333. The molecule has 0 atom stereocenters. The molecule has 116 valence electrons. The predicted octanol–water partition coefficient (Wildman–Crippen LogP) is 2.77. The number of ether oxygens (including phenoxy) is 1. The summed E-state index contributed by atoms with van der Waals surface area (Å²) in [7, 11) is 0. The van der Waals surface area contributed by atoms with Gasteiger partial charge in [-0.15, -0.1) is 0 Å². The summed E-state index contributed by atoms with van der Waals surface area (Å²) >= 11 is 0. The molecule has 2 heterocycles. The van der Waals surface area contributed by atoms with E-state index in [1.165, 1.54) is 6.20 Å². The molecule has 7 heteroatoms. The highest BCUT2D eigenvalue weighted by Crippen LogP contribution is 2.22. The molecule has 1 saturated heterocycles. The van der Waals surface area contributed by atoms with E-state index in [1.807, 2.05) is 0 Å². The molecule has 1 N–H and O–H groups in total. The maximum Gasteiger partial charge on any atom is 0.258 e. The molecule has 0 aliphatic carbocycles. The minimum atomic E-state index is -0.894. The largest absolute Gasteiger partial charge is 0.381 e. The third-order valence-electron chi connectivity index (χ3n) is 3.60. The second-order valence-corrected chi connectivity index (χ2v) is 5.13. The van der Waals surface area contributed by atoms with E-state index in [-0.39, 0.29) is 11.6 Å². The van der Waals surface area contributed by atoms with Gasteiger partial charge in [0.25, 0.3) is 5.91 Å². The molecule has 1 amide bonds. The van der Waals surface area contributed by atoms with Gasteiger partial charge in [-0.05, 0) is 25.0 Å². The molecular weight excluding hydrogens is 292 g/mol. The van der Waals surface area contributed by atoms with Gasteiger partial charge in [-0.1, -0.05) is 0 Å². The van der Waals surface area contributed by atoms with Gasteiger partial charge in [0, 0.05) is 25.5 Å². The second-order valence-electron chi connectivity index (χ2n) is 5.13. The van der Waals surface area contributed by atoms with Crippen LogP contribution in [0.4, 0.5) is 14.5 Å². The first-order valence-electron chi connectivity index (χ1n) is 7.02. The lowest BCUT2D eigenvalue weighted by molar-refractivity contribution is 0.0662. The topological polar surface area (TPSA) is 56.2 Å². The summed E-state index contributed by atoms with van der Waals surface area (Å²) in [6.07, 6.45) is 4.94. The Labute approximate surface area is 125 Å². The van der Waals surface area contributed by atoms with Gasteiger partial charge < -0.3 is 10.1 Å². The second kappa shape index (κ2) is 6.23. The van der Waals surface area contributed by atoms with Crippen LogP contribution in [0.1, 0.15) is 29.2 Å². The number of hydrogen-bond donors (Lipinski definition) is 1. The summed E-state index contributed by atoms with van der Waals surface area (Å²) in [6, 6.07) is 3.08. The minimum Gasteiger partial charge on any atom is -0.381 e. The van der Waals surface area contributed by atoms with E-state index in [4.69, 9.17) is 4.74 Å². The third-order valence-corrected chi connectivity index (χ3v) is 3.60. The molecule has 1 aliphatic rings. The number of benzene rings is 1. The van der Waals surface area contributed by atoms with Gasteiger partial charge in [-0.3, -0.25) is 9.48 Å². The van der Waals surface area contributed by atoms with Gasteiger partial charge in [0.2, 0.25) is 0 Å². The summed E-state index contributed by atoms with van der Waals surface area (Å²) in [4.78, 5) is 12.0. The van der Waals surface area contributed by atoms with Crippen LogP contribution in [-0.4, -0.2) is 28.9 Å². The zero-order chi connectivity index (χ0) is 15.5. The number of carbonyl (C=O) groups is 1. The van der Waals surface area contributed by atoms with Crippen LogP contribution in [0, 0.1) is 11.6 Å². The molecule has 22 heavy (non-hydrogen) atoms. The van der Waals surface area contributed by atoms with E-state index in [0.717, 1.165) is 25.0 Å². The lowest BCUT2D eigenvalue weighted by Crippen LogP contribution is -2.19. The number of anilines is 1. The van der Waals surface area contributed by atoms with Crippen LogP contribution in [0.2, 0.25) is 0 Å². The third kappa shape index (κ3) is 3.14. The lowest BCUT2D eigenvalue weighted by Gasteiger charge is -2.22. The van der Waals surface area contributed by atoms with Crippen molar-refractivity contribution in [3.63, 3.8) is 0 Å². The summed E-state index contributed by atoms with van der Waals surface area (Å²) in [5.74, 6) is -2.25. The number of hydrogen-bond acceptors (Lipinski definition) is 3. The van der Waals surface area contributed by atoms with Gasteiger partial charge in [0.05, 0.1) is 23.5 Å². The van der Waals surface area contributed by atoms with Crippen molar-refractivity contribution in [3.8, 4) is 0 Å². The van der Waals surface area contributed by atoms with Crippen LogP contribution in [0.5, 0.6) is 0 Å². The Hall–Kier alpha value is -2.28. The van der Waals surface area contributed by atoms with Crippen molar-refractivity contribution in [2.45, 2.75) is 18.9 Å². The van der Waals surface area contributed by atoms with Crippen LogP contribution >= 0.6 is 0 Å². The number of rotatable bonds is 3. The van der Waals surface area contributed by atoms with E-state index >= 15 is 0 Å². The number of halogens is 2. The predicted molar refractivity (Wildman–Crippen MR) is 75.6 cm³/mol. The summed E-state index contributed by atoms with van der Waals surface area (Å²) in [5, 5.41) is 6.78. The summed E-state index contributed by atoms with van der Waals surface area (Å²) in [6.45, 7) is 1.38. The van der Waals surface area contributed by atoms with Crippen molar-refractivity contribution in [1.29, 1.82) is 0 Å². The standard InChI is InChI=1S/C15H15F2N3O2/c16-10-1-2-13(14(17)7-10)15(21)19-11-8-18-20(9-11)12-3-5-22-6-4-12/h1-2,7-9,12H,3-6H2,(H,19,21). The molecule has 3 rings (SSSR count). The molecule has 1 fully saturated rings. The quantitative estimate of drug-likeness (QED) is 0.948. The Morgan fingerprint density at radius 1 is 1.32 bits per heavy atom. The Morgan fingerprint density at radius 2 is 2.09 bits per heavy atom. The van der Waals surface area contributed by atoms with E-state index in [2.05, 4.69) is 10.4 Å². The van der Waals surface area contributed by atoms with Crippen LogP contribution in [0.25, 0.3) is 0 Å². The maximum atomic E-state index is 13.6. The van der Waals surface area contributed by atoms with E-state index in [1.54, 1.807) is 10.9 Å². The Balaban J connectivity index is 1.70. The van der Waals surface area contributed by atoms with Crippen LogP contribution in [-0.2, 0) is 4.74 Å². The zero-order valence-electron chi connectivity index (χ0n) is 11.8. The smallest absolute Gasteiger partial charge is 0.258 e. The molecule has 1 aliphatic heterocycles. The molecule has 0 radical (unpaired) electrons. The molecule has 1 aromatic carbocycles. The van der Waals surface area contributed by atoms with Crippen LogP contribution in [0.15, 0.2) is 30.6 Å². The van der Waals surface area contributed by atoms with Crippen LogP contribution < -0.4 is 5.32 Å². The average Bonchev–Trinajstić information content (AvgIpc) is 2.96. The highest BCUT2D eigenvalue weighted by Gasteiger charge is 2.18. The van der Waals surface area contributed by atoms with Gasteiger partial charge in [0.1, 0.15) is 11.6 Å². The molecule has 5 nitrogen and oxygen atoms in total. The Kier molecular flexibility index (Phi) is 4.15. The molecule has 0 bridgehead atoms. The first-order chi connectivity index (χ1) is 10.6. The van der Waals surface area contributed by atoms with Crippen molar-refractivity contribution in [3.05, 3.63) is 47.8 Å². The van der Waals surface area contributed by atoms with Crippen LogP contribution in [0.3, 0.4) is 0 Å². The average molecular weight is 307 g/mol. The molecule has 2 aromatic rings. The van der Waals surface area contributed by atoms with E-state index < -0.39 is 17.5 Å². The number of carbonyl (C=O) groups excluding carboxylic acids is 1. The SMILES string of the molecule is O=C(Nc1cnn(C2CCOCC2)c1)c1ccc(F)cc1F. The Morgan fingerprint density at radius 3 is 2.82 bits per heavy atom. The fourth-order valence-corrected chi connectivity index (χ4v) is 2.42. The summed E-state index contributed by atoms with van der Waals surface area (Å²) in [5.41, 5.74) is 0.264. The molecule has 1 aromatic heterocycles. The molecule has 0 saturated carbocycles. The number of nitrogens with one attached hydrogen (secondary N) is 1. The van der Waals surface area contributed by atoms with Gasteiger partial charge in [-0.25, -0.2) is 8.78 Å². The number of amides is 1. The van der Waals surface area contributed by atoms with Gasteiger partial charge >= 0.3 is 0 Å². The normalized spacial score (nSPS) is 15.7. The molecule has 0 spiro atoms. The van der Waals surface area contributed by atoms with Gasteiger partial charge in [0.15, 0.2) is 0 Å². The first kappa shape index (κ1) is 14.6. The lowest BCUT2D eigenvalue weighted by atomic mass is 10.1. The highest BCUT2D eigenvalue weighted by molar-refractivity contribution is 6.04.